The lowest BCUT2D eigenvalue weighted by Crippen LogP contribution is -2.05. The van der Waals surface area contributed by atoms with Crippen molar-refractivity contribution in [3.63, 3.8) is 0 Å². The number of ether oxygens (including phenoxy) is 1. The number of benzene rings is 1. The minimum atomic E-state index is -0.316. The zero-order valence-electron chi connectivity index (χ0n) is 13.3. The van der Waals surface area contributed by atoms with E-state index in [1.54, 1.807) is 44.4 Å². The lowest BCUT2D eigenvalue weighted by atomic mass is 10.0. The Kier molecular flexibility index (Phi) is 5.80. The smallest absolute Gasteiger partial charge is 0.333 e. The number of hydrogen-bond donors (Lipinski definition) is 0. The van der Waals surface area contributed by atoms with Gasteiger partial charge in [-0.05, 0) is 43.2 Å². The van der Waals surface area contributed by atoms with Crippen molar-refractivity contribution in [2.75, 3.05) is 6.61 Å². The quantitative estimate of drug-likeness (QED) is 0.466. The number of hydrogen-bond acceptors (Lipinski definition) is 4. The summed E-state index contributed by atoms with van der Waals surface area (Å²) in [5.41, 5.74) is 2.97. The van der Waals surface area contributed by atoms with Crippen LogP contribution in [0.4, 0.5) is 0 Å². The standard InChI is InChI=1S/C19H19NO3/c1-3-23-19(22)14(2)11-15-6-8-16(9-7-15)12-18(21)17-5-4-10-20-13-17/h4-11,13H,3,12H2,1-2H3/b14-11+. The molecule has 0 atom stereocenters. The topological polar surface area (TPSA) is 56.3 Å². The van der Waals surface area contributed by atoms with Crippen LogP contribution in [0.1, 0.15) is 35.3 Å². The van der Waals surface area contributed by atoms with Crippen LogP contribution in [-0.2, 0) is 16.0 Å². The fraction of sp³-hybridized carbons (Fsp3) is 0.211. The van der Waals surface area contributed by atoms with E-state index in [0.717, 1.165) is 11.1 Å². The van der Waals surface area contributed by atoms with Crippen molar-refractivity contribution in [3.8, 4) is 0 Å². The number of Topliss-reactive ketones (excluding diaryl/α,β-unsaturated/α-hetero) is 1. The zero-order valence-corrected chi connectivity index (χ0v) is 13.3. The summed E-state index contributed by atoms with van der Waals surface area (Å²) >= 11 is 0. The zero-order chi connectivity index (χ0) is 16.7. The molecule has 0 aliphatic rings. The first-order valence-electron chi connectivity index (χ1n) is 7.47. The van der Waals surface area contributed by atoms with Crippen LogP contribution in [0.2, 0.25) is 0 Å². The average molecular weight is 309 g/mol. The highest BCUT2D eigenvalue weighted by Crippen LogP contribution is 2.12. The molecule has 2 aromatic rings. The molecular formula is C19H19NO3. The maximum atomic E-state index is 12.1. The molecule has 4 nitrogen and oxygen atoms in total. The molecule has 0 saturated heterocycles. The van der Waals surface area contributed by atoms with Gasteiger partial charge in [0.25, 0.3) is 0 Å². The van der Waals surface area contributed by atoms with Gasteiger partial charge in [-0.1, -0.05) is 24.3 Å². The molecule has 0 unspecified atom stereocenters. The van der Waals surface area contributed by atoms with Gasteiger partial charge in [-0.3, -0.25) is 9.78 Å². The summed E-state index contributed by atoms with van der Waals surface area (Å²) in [7, 11) is 0. The van der Waals surface area contributed by atoms with Crippen LogP contribution < -0.4 is 0 Å². The van der Waals surface area contributed by atoms with Crippen molar-refractivity contribution in [1.82, 2.24) is 4.98 Å². The Bertz CT molecular complexity index is 703. The first kappa shape index (κ1) is 16.6. The third-order valence-corrected chi connectivity index (χ3v) is 3.31. The van der Waals surface area contributed by atoms with E-state index in [-0.39, 0.29) is 11.8 Å². The molecule has 0 spiro atoms. The summed E-state index contributed by atoms with van der Waals surface area (Å²) in [4.78, 5) is 27.7. The molecule has 0 N–H and O–H groups in total. The molecule has 4 heteroatoms. The van der Waals surface area contributed by atoms with Crippen molar-refractivity contribution in [2.24, 2.45) is 0 Å². The van der Waals surface area contributed by atoms with Crippen LogP contribution >= 0.6 is 0 Å². The second-order valence-corrected chi connectivity index (χ2v) is 5.13. The third kappa shape index (κ3) is 4.88. The largest absolute Gasteiger partial charge is 0.463 e. The van der Waals surface area contributed by atoms with Crippen LogP contribution in [-0.4, -0.2) is 23.3 Å². The number of nitrogens with zero attached hydrogens (tertiary/aromatic N) is 1. The molecule has 0 bridgehead atoms. The third-order valence-electron chi connectivity index (χ3n) is 3.31. The van der Waals surface area contributed by atoms with E-state index in [1.807, 2.05) is 24.3 Å². The number of esters is 1. The summed E-state index contributed by atoms with van der Waals surface area (Å²) in [6.07, 6.45) is 5.31. The Labute approximate surface area is 135 Å². The Morgan fingerprint density at radius 2 is 1.91 bits per heavy atom. The molecule has 0 saturated carbocycles. The second-order valence-electron chi connectivity index (χ2n) is 5.13. The molecule has 0 amide bonds. The van der Waals surface area contributed by atoms with Gasteiger partial charge in [0, 0.05) is 30.0 Å². The van der Waals surface area contributed by atoms with E-state index < -0.39 is 0 Å². The van der Waals surface area contributed by atoms with Gasteiger partial charge in [-0.2, -0.15) is 0 Å². The van der Waals surface area contributed by atoms with Gasteiger partial charge in [-0.15, -0.1) is 0 Å². The highest BCUT2D eigenvalue weighted by atomic mass is 16.5. The van der Waals surface area contributed by atoms with E-state index in [0.29, 0.717) is 24.2 Å². The summed E-state index contributed by atoms with van der Waals surface area (Å²) < 4.78 is 4.94. The summed E-state index contributed by atoms with van der Waals surface area (Å²) in [5.74, 6) is -0.285. The normalized spacial score (nSPS) is 11.1. The van der Waals surface area contributed by atoms with Gasteiger partial charge in [0.05, 0.1) is 6.61 Å². The highest BCUT2D eigenvalue weighted by molar-refractivity contribution is 5.97. The molecule has 118 valence electrons. The summed E-state index contributed by atoms with van der Waals surface area (Å²) in [5, 5.41) is 0. The van der Waals surface area contributed by atoms with Crippen LogP contribution in [0, 0.1) is 0 Å². The summed E-state index contributed by atoms with van der Waals surface area (Å²) in [6, 6.07) is 11.1. The molecule has 2 rings (SSSR count). The van der Waals surface area contributed by atoms with Gasteiger partial charge >= 0.3 is 5.97 Å². The van der Waals surface area contributed by atoms with Crippen LogP contribution in [0.25, 0.3) is 6.08 Å². The van der Waals surface area contributed by atoms with Crippen molar-refractivity contribution in [2.45, 2.75) is 20.3 Å². The average Bonchev–Trinajstić information content (AvgIpc) is 2.57. The molecule has 1 aromatic heterocycles. The fourth-order valence-electron chi connectivity index (χ4n) is 2.10. The Balaban J connectivity index is 2.04. The van der Waals surface area contributed by atoms with E-state index in [4.69, 9.17) is 4.74 Å². The second kappa shape index (κ2) is 8.03. The summed E-state index contributed by atoms with van der Waals surface area (Å²) in [6.45, 7) is 3.86. The van der Waals surface area contributed by atoms with E-state index in [9.17, 15) is 9.59 Å². The van der Waals surface area contributed by atoms with Crippen LogP contribution in [0.15, 0.2) is 54.4 Å². The van der Waals surface area contributed by atoms with Crippen LogP contribution in [0.5, 0.6) is 0 Å². The maximum Gasteiger partial charge on any atom is 0.333 e. The van der Waals surface area contributed by atoms with Crippen molar-refractivity contribution in [3.05, 3.63) is 71.1 Å². The minimum absolute atomic E-state index is 0.0316. The molecular weight excluding hydrogens is 290 g/mol. The molecule has 0 fully saturated rings. The van der Waals surface area contributed by atoms with Crippen molar-refractivity contribution < 1.29 is 14.3 Å². The number of carbonyl (C=O) groups is 2. The number of pyridine rings is 1. The molecule has 1 heterocycles. The highest BCUT2D eigenvalue weighted by Gasteiger charge is 2.07. The molecule has 0 aliphatic heterocycles. The van der Waals surface area contributed by atoms with Crippen molar-refractivity contribution >= 4 is 17.8 Å². The predicted molar refractivity (Wildman–Crippen MR) is 89.0 cm³/mol. The maximum absolute atomic E-state index is 12.1. The predicted octanol–water partition coefficient (Wildman–Crippen LogP) is 3.47. The number of rotatable bonds is 6. The van der Waals surface area contributed by atoms with E-state index in [2.05, 4.69) is 4.98 Å². The number of carbonyl (C=O) groups excluding carboxylic acids is 2. The minimum Gasteiger partial charge on any atom is -0.463 e. The fourth-order valence-corrected chi connectivity index (χ4v) is 2.10. The van der Waals surface area contributed by atoms with Gasteiger partial charge in [0.2, 0.25) is 0 Å². The molecule has 0 radical (unpaired) electrons. The molecule has 23 heavy (non-hydrogen) atoms. The molecule has 0 aliphatic carbocycles. The van der Waals surface area contributed by atoms with Gasteiger partial charge in [0.1, 0.15) is 0 Å². The Hall–Kier alpha value is -2.75. The number of aromatic nitrogens is 1. The Morgan fingerprint density at radius 3 is 2.52 bits per heavy atom. The lowest BCUT2D eigenvalue weighted by molar-refractivity contribution is -0.138. The Morgan fingerprint density at radius 1 is 1.17 bits per heavy atom. The van der Waals surface area contributed by atoms with Gasteiger partial charge in [-0.25, -0.2) is 4.79 Å². The first-order chi connectivity index (χ1) is 11.1. The first-order valence-corrected chi connectivity index (χ1v) is 7.47. The van der Waals surface area contributed by atoms with Crippen molar-refractivity contribution in [1.29, 1.82) is 0 Å². The molecule has 1 aromatic carbocycles. The van der Waals surface area contributed by atoms with Crippen LogP contribution in [0.3, 0.4) is 0 Å². The van der Waals surface area contributed by atoms with E-state index >= 15 is 0 Å². The van der Waals surface area contributed by atoms with Gasteiger partial charge in [0.15, 0.2) is 5.78 Å². The van der Waals surface area contributed by atoms with E-state index in [1.165, 1.54) is 0 Å². The lowest BCUT2D eigenvalue weighted by Gasteiger charge is -2.04. The van der Waals surface area contributed by atoms with Gasteiger partial charge < -0.3 is 4.74 Å². The monoisotopic (exact) mass is 309 g/mol. The number of ketones is 1. The SMILES string of the molecule is CCOC(=O)/C(C)=C/c1ccc(CC(=O)c2cccnc2)cc1.